The molecule has 0 radical (unpaired) electrons. The van der Waals surface area contributed by atoms with Crippen LogP contribution in [0.4, 0.5) is 4.39 Å². The van der Waals surface area contributed by atoms with E-state index in [9.17, 15) is 9.50 Å². The summed E-state index contributed by atoms with van der Waals surface area (Å²) in [5.74, 6) is -0.158. The van der Waals surface area contributed by atoms with Gasteiger partial charge in [-0.3, -0.25) is 9.80 Å². The van der Waals surface area contributed by atoms with Crippen LogP contribution in [0.5, 0.6) is 0 Å². The van der Waals surface area contributed by atoms with Crippen molar-refractivity contribution >= 4 is 11.3 Å². The molecule has 0 saturated carbocycles. The van der Waals surface area contributed by atoms with Gasteiger partial charge in [0.2, 0.25) is 0 Å². The highest BCUT2D eigenvalue weighted by Gasteiger charge is 2.27. The van der Waals surface area contributed by atoms with E-state index in [0.717, 1.165) is 48.0 Å². The molecule has 1 atom stereocenters. The Hall–Kier alpha value is -2.12. The van der Waals surface area contributed by atoms with Crippen molar-refractivity contribution in [1.29, 1.82) is 0 Å². The third-order valence-corrected chi connectivity index (χ3v) is 6.30. The van der Waals surface area contributed by atoms with Crippen molar-refractivity contribution in [3.63, 3.8) is 0 Å². The van der Waals surface area contributed by atoms with Gasteiger partial charge in [0.15, 0.2) is 0 Å². The Morgan fingerprint density at radius 1 is 1.03 bits per heavy atom. The first-order valence-electron chi connectivity index (χ1n) is 10.0. The van der Waals surface area contributed by atoms with E-state index in [4.69, 9.17) is 4.98 Å². The van der Waals surface area contributed by atoms with E-state index in [1.165, 1.54) is 6.07 Å². The van der Waals surface area contributed by atoms with Crippen molar-refractivity contribution < 1.29 is 9.50 Å². The molecule has 2 heterocycles. The molecule has 4 nitrogen and oxygen atoms in total. The highest BCUT2D eigenvalue weighted by atomic mass is 32.1. The number of aromatic nitrogens is 1. The smallest absolute Gasteiger partial charge is 0.127 e. The summed E-state index contributed by atoms with van der Waals surface area (Å²) in [7, 11) is 0. The van der Waals surface area contributed by atoms with Gasteiger partial charge in [-0.2, -0.15) is 0 Å². The van der Waals surface area contributed by atoms with E-state index < -0.39 is 0 Å². The molecule has 1 aromatic heterocycles. The van der Waals surface area contributed by atoms with E-state index in [0.29, 0.717) is 13.0 Å². The molecule has 0 unspecified atom stereocenters. The van der Waals surface area contributed by atoms with Gasteiger partial charge in [0.25, 0.3) is 0 Å². The first-order chi connectivity index (χ1) is 14.2. The number of aliphatic hydroxyl groups excluding tert-OH is 1. The van der Waals surface area contributed by atoms with Gasteiger partial charge >= 0.3 is 0 Å². The molecular formula is C23H26FN3OS. The monoisotopic (exact) mass is 411 g/mol. The fourth-order valence-electron chi connectivity index (χ4n) is 3.89. The molecule has 0 aliphatic carbocycles. The Kier molecular flexibility index (Phi) is 6.67. The number of nitrogens with zero attached hydrogens (tertiary/aromatic N) is 3. The van der Waals surface area contributed by atoms with Gasteiger partial charge in [-0.15, -0.1) is 11.3 Å². The molecule has 4 rings (SSSR count). The Morgan fingerprint density at radius 2 is 1.83 bits per heavy atom. The fraction of sp³-hybridized carbons (Fsp3) is 0.348. The Bertz CT molecular complexity index is 917. The molecule has 1 aliphatic heterocycles. The summed E-state index contributed by atoms with van der Waals surface area (Å²) in [6.07, 6.45) is 0.693. The zero-order valence-electron chi connectivity index (χ0n) is 16.4. The van der Waals surface area contributed by atoms with Crippen molar-refractivity contribution in [2.75, 3.05) is 26.2 Å². The van der Waals surface area contributed by atoms with Crippen molar-refractivity contribution in [3.8, 4) is 11.3 Å². The second-order valence-electron chi connectivity index (χ2n) is 7.46. The standard InChI is InChI=1S/C23H26FN3OS/c24-21-9-5-4-8-19(21)14-27-12-11-26(15-20(27)10-13-28)16-23-25-22(17-29-23)18-6-2-1-3-7-18/h1-9,17,20,28H,10-16H2/t20-/m0/s1. The topological polar surface area (TPSA) is 39.6 Å². The molecule has 0 amide bonds. The summed E-state index contributed by atoms with van der Waals surface area (Å²) in [5.41, 5.74) is 2.88. The van der Waals surface area contributed by atoms with Crippen molar-refractivity contribution in [2.45, 2.75) is 25.6 Å². The molecule has 0 spiro atoms. The van der Waals surface area contributed by atoms with E-state index in [2.05, 4.69) is 27.3 Å². The van der Waals surface area contributed by atoms with Crippen LogP contribution < -0.4 is 0 Å². The van der Waals surface area contributed by atoms with Crippen LogP contribution in [0, 0.1) is 5.82 Å². The molecule has 6 heteroatoms. The SMILES string of the molecule is OCC[C@H]1CN(Cc2nc(-c3ccccc3)cs2)CCN1Cc1ccccc1F. The molecule has 1 fully saturated rings. The van der Waals surface area contributed by atoms with Crippen LogP contribution in [0.15, 0.2) is 60.0 Å². The number of halogens is 1. The second kappa shape index (κ2) is 9.59. The van der Waals surface area contributed by atoms with E-state index in [1.54, 1.807) is 17.4 Å². The summed E-state index contributed by atoms with van der Waals surface area (Å²) in [6.45, 7) is 4.16. The summed E-state index contributed by atoms with van der Waals surface area (Å²) < 4.78 is 14.1. The number of rotatable bonds is 7. The molecule has 1 N–H and O–H groups in total. The average Bonchev–Trinajstić information content (AvgIpc) is 3.21. The summed E-state index contributed by atoms with van der Waals surface area (Å²) in [6, 6.07) is 17.4. The van der Waals surface area contributed by atoms with Crippen LogP contribution in [0.25, 0.3) is 11.3 Å². The summed E-state index contributed by atoms with van der Waals surface area (Å²) in [5, 5.41) is 12.8. The van der Waals surface area contributed by atoms with Gasteiger partial charge in [0.1, 0.15) is 10.8 Å². The third kappa shape index (κ3) is 5.08. The molecular weight excluding hydrogens is 385 g/mol. The van der Waals surface area contributed by atoms with Gasteiger partial charge < -0.3 is 5.11 Å². The van der Waals surface area contributed by atoms with Crippen molar-refractivity contribution in [2.24, 2.45) is 0 Å². The minimum Gasteiger partial charge on any atom is -0.396 e. The van der Waals surface area contributed by atoms with Crippen molar-refractivity contribution in [3.05, 3.63) is 76.4 Å². The Labute approximate surface area is 175 Å². The van der Waals surface area contributed by atoms with Crippen LogP contribution in [-0.4, -0.2) is 52.2 Å². The van der Waals surface area contributed by atoms with Crippen molar-refractivity contribution in [1.82, 2.24) is 14.8 Å². The highest BCUT2D eigenvalue weighted by Crippen LogP contribution is 2.24. The molecule has 3 aromatic rings. The zero-order valence-corrected chi connectivity index (χ0v) is 17.2. The van der Waals surface area contributed by atoms with Crippen LogP contribution in [-0.2, 0) is 13.1 Å². The van der Waals surface area contributed by atoms with Crippen LogP contribution in [0.3, 0.4) is 0 Å². The molecule has 1 saturated heterocycles. The Morgan fingerprint density at radius 3 is 2.62 bits per heavy atom. The van der Waals surface area contributed by atoms with Gasteiger partial charge in [-0.25, -0.2) is 9.37 Å². The van der Waals surface area contributed by atoms with Gasteiger partial charge in [-0.1, -0.05) is 48.5 Å². The predicted octanol–water partition coefficient (Wildman–Crippen LogP) is 4.02. The number of thiazole rings is 1. The predicted molar refractivity (Wildman–Crippen MR) is 115 cm³/mol. The summed E-state index contributed by atoms with van der Waals surface area (Å²) in [4.78, 5) is 9.50. The lowest BCUT2D eigenvalue weighted by Crippen LogP contribution is -2.52. The van der Waals surface area contributed by atoms with Crippen LogP contribution in [0.1, 0.15) is 17.0 Å². The van der Waals surface area contributed by atoms with E-state index >= 15 is 0 Å². The molecule has 29 heavy (non-hydrogen) atoms. The number of hydrogen-bond acceptors (Lipinski definition) is 5. The number of benzene rings is 2. The lowest BCUT2D eigenvalue weighted by atomic mass is 10.1. The first kappa shape index (κ1) is 20.2. The largest absolute Gasteiger partial charge is 0.396 e. The minimum absolute atomic E-state index is 0.141. The number of aliphatic hydroxyl groups is 1. The van der Waals surface area contributed by atoms with E-state index in [1.807, 2.05) is 30.3 Å². The molecule has 0 bridgehead atoms. The quantitative estimate of drug-likeness (QED) is 0.638. The van der Waals surface area contributed by atoms with Crippen LogP contribution >= 0.6 is 11.3 Å². The first-order valence-corrected chi connectivity index (χ1v) is 10.9. The highest BCUT2D eigenvalue weighted by molar-refractivity contribution is 7.09. The van der Waals surface area contributed by atoms with Gasteiger partial charge in [0.05, 0.1) is 12.2 Å². The molecule has 152 valence electrons. The van der Waals surface area contributed by atoms with Crippen LogP contribution in [0.2, 0.25) is 0 Å². The second-order valence-corrected chi connectivity index (χ2v) is 8.40. The lowest BCUT2D eigenvalue weighted by molar-refractivity contribution is 0.0493. The zero-order chi connectivity index (χ0) is 20.1. The van der Waals surface area contributed by atoms with Gasteiger partial charge in [0, 0.05) is 55.3 Å². The maximum Gasteiger partial charge on any atom is 0.127 e. The molecule has 1 aliphatic rings. The fourth-order valence-corrected chi connectivity index (χ4v) is 4.74. The van der Waals surface area contributed by atoms with Gasteiger partial charge in [-0.05, 0) is 12.5 Å². The summed E-state index contributed by atoms with van der Waals surface area (Å²) >= 11 is 1.69. The maximum atomic E-state index is 14.1. The lowest BCUT2D eigenvalue weighted by Gasteiger charge is -2.41. The third-order valence-electron chi connectivity index (χ3n) is 5.46. The Balaban J connectivity index is 1.40. The minimum atomic E-state index is -0.158. The molecule has 2 aromatic carbocycles. The maximum absolute atomic E-state index is 14.1. The number of piperazine rings is 1. The normalized spacial score (nSPS) is 18.2. The average molecular weight is 412 g/mol. The number of hydrogen-bond donors (Lipinski definition) is 1. The van der Waals surface area contributed by atoms with E-state index in [-0.39, 0.29) is 18.5 Å².